The Morgan fingerprint density at radius 3 is 2.26 bits per heavy atom. The second kappa shape index (κ2) is 4.51. The van der Waals surface area contributed by atoms with Crippen LogP contribution < -0.4 is 5.73 Å². The highest BCUT2D eigenvalue weighted by molar-refractivity contribution is 5.42. The van der Waals surface area contributed by atoms with Gasteiger partial charge in [-0.3, -0.25) is 0 Å². The summed E-state index contributed by atoms with van der Waals surface area (Å²) in [5.41, 5.74) is 7.08. The Morgan fingerprint density at radius 2 is 1.84 bits per heavy atom. The maximum atomic E-state index is 6.36. The summed E-state index contributed by atoms with van der Waals surface area (Å²) in [5, 5.41) is 0. The number of ether oxygens (including phenoxy) is 1. The van der Waals surface area contributed by atoms with Crippen LogP contribution in [0.15, 0.2) is 0 Å². The van der Waals surface area contributed by atoms with Crippen LogP contribution in [0.25, 0.3) is 0 Å². The summed E-state index contributed by atoms with van der Waals surface area (Å²) in [5.74, 6) is 2.56. The second-order valence-corrected chi connectivity index (χ2v) is 7.22. The first kappa shape index (κ1) is 14.4. The number of nitrogens with two attached hydrogens (primary N) is 1. The number of hydrogen-bond acceptors (Lipinski definition) is 3. The van der Waals surface area contributed by atoms with E-state index in [0.29, 0.717) is 5.92 Å². The molecule has 0 amide bonds. The van der Waals surface area contributed by atoms with Crippen LogP contribution in [0.1, 0.15) is 64.9 Å². The quantitative estimate of drug-likeness (QED) is 0.910. The van der Waals surface area contributed by atoms with Gasteiger partial charge in [0.1, 0.15) is 11.6 Å². The van der Waals surface area contributed by atoms with Gasteiger partial charge in [-0.25, -0.2) is 4.98 Å². The van der Waals surface area contributed by atoms with E-state index in [2.05, 4.69) is 39.2 Å². The molecule has 0 spiro atoms. The van der Waals surface area contributed by atoms with Gasteiger partial charge in [-0.1, -0.05) is 0 Å². The first-order valence-electron chi connectivity index (χ1n) is 7.08. The monoisotopic (exact) mass is 265 g/mol. The van der Waals surface area contributed by atoms with Gasteiger partial charge in [-0.15, -0.1) is 0 Å². The van der Waals surface area contributed by atoms with Gasteiger partial charge < -0.3 is 15.0 Å². The van der Waals surface area contributed by atoms with E-state index in [1.165, 1.54) is 12.8 Å². The molecule has 4 nitrogen and oxygen atoms in total. The lowest BCUT2D eigenvalue weighted by Gasteiger charge is -2.26. The maximum Gasteiger partial charge on any atom is 0.127 e. The lowest BCUT2D eigenvalue weighted by molar-refractivity contribution is 0.0226. The fourth-order valence-electron chi connectivity index (χ4n) is 2.42. The molecule has 1 heterocycles. The standard InChI is InChI=1S/C15H27N3O/c1-14(2,3)18-12(16)11(9-15(4,5)19-6)17-13(18)10-7-8-10/h10H,7-9,16H2,1-6H3. The number of hydrogen-bond donors (Lipinski definition) is 1. The van der Waals surface area contributed by atoms with Crippen molar-refractivity contribution in [3.8, 4) is 0 Å². The molecule has 0 aliphatic heterocycles. The molecule has 0 radical (unpaired) electrons. The van der Waals surface area contributed by atoms with E-state index in [4.69, 9.17) is 15.5 Å². The van der Waals surface area contributed by atoms with Gasteiger partial charge in [-0.2, -0.15) is 0 Å². The number of anilines is 1. The molecule has 1 saturated carbocycles. The van der Waals surface area contributed by atoms with Crippen molar-refractivity contribution in [3.63, 3.8) is 0 Å². The lowest BCUT2D eigenvalue weighted by atomic mass is 10.0. The zero-order chi connectivity index (χ0) is 14.4. The minimum Gasteiger partial charge on any atom is -0.384 e. The molecule has 0 atom stereocenters. The van der Waals surface area contributed by atoms with Crippen molar-refractivity contribution < 1.29 is 4.74 Å². The van der Waals surface area contributed by atoms with E-state index >= 15 is 0 Å². The van der Waals surface area contributed by atoms with E-state index in [0.717, 1.165) is 23.8 Å². The Hall–Kier alpha value is -1.03. The van der Waals surface area contributed by atoms with Gasteiger partial charge in [0.25, 0.3) is 0 Å². The number of imidazole rings is 1. The predicted molar refractivity (Wildman–Crippen MR) is 78.4 cm³/mol. The summed E-state index contributed by atoms with van der Waals surface area (Å²) in [6.45, 7) is 10.7. The van der Waals surface area contributed by atoms with E-state index in [9.17, 15) is 0 Å². The fraction of sp³-hybridized carbons (Fsp3) is 0.800. The summed E-state index contributed by atoms with van der Waals surface area (Å²) in [7, 11) is 1.73. The van der Waals surface area contributed by atoms with E-state index in [1.807, 2.05) is 0 Å². The first-order chi connectivity index (χ1) is 8.65. The van der Waals surface area contributed by atoms with Crippen LogP contribution in [0.4, 0.5) is 5.82 Å². The molecule has 0 bridgehead atoms. The molecule has 108 valence electrons. The molecular weight excluding hydrogens is 238 g/mol. The second-order valence-electron chi connectivity index (χ2n) is 7.22. The van der Waals surface area contributed by atoms with Crippen LogP contribution >= 0.6 is 0 Å². The smallest absolute Gasteiger partial charge is 0.127 e. The molecule has 0 saturated heterocycles. The van der Waals surface area contributed by atoms with Crippen molar-refractivity contribution in [2.45, 2.75) is 70.9 Å². The molecule has 19 heavy (non-hydrogen) atoms. The summed E-state index contributed by atoms with van der Waals surface area (Å²) in [6, 6.07) is 0. The van der Waals surface area contributed by atoms with Gasteiger partial charge in [0.05, 0.1) is 11.3 Å². The zero-order valence-corrected chi connectivity index (χ0v) is 13.1. The maximum absolute atomic E-state index is 6.36. The highest BCUT2D eigenvalue weighted by Gasteiger charge is 2.35. The van der Waals surface area contributed by atoms with Gasteiger partial charge in [0.15, 0.2) is 0 Å². The average molecular weight is 265 g/mol. The normalized spacial score (nSPS) is 16.9. The number of nitrogen functional groups attached to an aromatic ring is 1. The molecule has 2 rings (SSSR count). The van der Waals surface area contributed by atoms with Crippen LogP contribution in [0.2, 0.25) is 0 Å². The fourth-order valence-corrected chi connectivity index (χ4v) is 2.42. The molecule has 1 aromatic heterocycles. The van der Waals surface area contributed by atoms with E-state index in [-0.39, 0.29) is 11.1 Å². The molecular formula is C15H27N3O. The molecule has 1 fully saturated rings. The summed E-state index contributed by atoms with van der Waals surface area (Å²) in [6.07, 6.45) is 3.22. The third-order valence-corrected chi connectivity index (χ3v) is 3.77. The molecule has 2 N–H and O–H groups in total. The summed E-state index contributed by atoms with van der Waals surface area (Å²) < 4.78 is 7.72. The molecule has 0 unspecified atom stereocenters. The van der Waals surface area contributed by atoms with Gasteiger partial charge in [0, 0.05) is 25.0 Å². The average Bonchev–Trinajstić information content (AvgIpc) is 3.04. The summed E-state index contributed by atoms with van der Waals surface area (Å²) >= 11 is 0. The van der Waals surface area contributed by atoms with Gasteiger partial charge >= 0.3 is 0 Å². The predicted octanol–water partition coefficient (Wildman–Crippen LogP) is 3.07. The Bertz CT molecular complexity index is 464. The van der Waals surface area contributed by atoms with Crippen LogP contribution in [0.5, 0.6) is 0 Å². The van der Waals surface area contributed by atoms with Crippen LogP contribution in [0, 0.1) is 0 Å². The summed E-state index contributed by atoms with van der Waals surface area (Å²) in [4.78, 5) is 4.83. The Morgan fingerprint density at radius 1 is 1.26 bits per heavy atom. The number of aromatic nitrogens is 2. The largest absolute Gasteiger partial charge is 0.384 e. The van der Waals surface area contributed by atoms with Crippen molar-refractivity contribution in [1.29, 1.82) is 0 Å². The Balaban J connectivity index is 2.41. The topological polar surface area (TPSA) is 53.1 Å². The number of methoxy groups -OCH3 is 1. The van der Waals surface area contributed by atoms with Crippen molar-refractivity contribution >= 4 is 5.82 Å². The molecule has 4 heteroatoms. The lowest BCUT2D eigenvalue weighted by Crippen LogP contribution is -2.27. The van der Waals surface area contributed by atoms with Gasteiger partial charge in [-0.05, 0) is 47.5 Å². The number of rotatable bonds is 4. The van der Waals surface area contributed by atoms with E-state index < -0.39 is 0 Å². The molecule has 0 aromatic carbocycles. The third kappa shape index (κ3) is 2.94. The van der Waals surface area contributed by atoms with E-state index in [1.54, 1.807) is 7.11 Å². The van der Waals surface area contributed by atoms with Crippen LogP contribution in [-0.2, 0) is 16.7 Å². The third-order valence-electron chi connectivity index (χ3n) is 3.77. The van der Waals surface area contributed by atoms with Crippen LogP contribution in [0.3, 0.4) is 0 Å². The van der Waals surface area contributed by atoms with Gasteiger partial charge in [0.2, 0.25) is 0 Å². The molecule has 1 aliphatic carbocycles. The van der Waals surface area contributed by atoms with Crippen molar-refractivity contribution in [3.05, 3.63) is 11.5 Å². The first-order valence-corrected chi connectivity index (χ1v) is 7.08. The highest BCUT2D eigenvalue weighted by Crippen LogP contribution is 2.43. The Kier molecular flexibility index (Phi) is 3.42. The van der Waals surface area contributed by atoms with Crippen LogP contribution in [-0.4, -0.2) is 22.3 Å². The molecule has 1 aromatic rings. The SMILES string of the molecule is COC(C)(C)Cc1nc(C2CC2)n(C(C)(C)C)c1N. The zero-order valence-electron chi connectivity index (χ0n) is 13.1. The van der Waals surface area contributed by atoms with Crippen molar-refractivity contribution in [1.82, 2.24) is 9.55 Å². The van der Waals surface area contributed by atoms with Crippen molar-refractivity contribution in [2.75, 3.05) is 12.8 Å². The Labute approximate surface area is 116 Å². The molecule has 1 aliphatic rings. The van der Waals surface area contributed by atoms with Crippen molar-refractivity contribution in [2.24, 2.45) is 0 Å². The minimum atomic E-state index is -0.230. The number of nitrogens with zero attached hydrogens (tertiary/aromatic N) is 2. The minimum absolute atomic E-state index is 0.0233. The highest BCUT2D eigenvalue weighted by atomic mass is 16.5.